The molecule has 0 aliphatic heterocycles. The number of rotatable bonds is 5. The first-order chi connectivity index (χ1) is 15.2. The molecular formula is C26H30N4O2. The molecule has 1 aliphatic carbocycles. The third kappa shape index (κ3) is 4.79. The van der Waals surface area contributed by atoms with Gasteiger partial charge in [0.15, 0.2) is 11.9 Å². The Kier molecular flexibility index (Phi) is 5.96. The highest BCUT2D eigenvalue weighted by atomic mass is 16.5. The molecule has 1 aromatic carbocycles. The zero-order chi connectivity index (χ0) is 22.9. The number of amides is 1. The molecule has 1 amide bonds. The predicted molar refractivity (Wildman–Crippen MR) is 124 cm³/mol. The fourth-order valence-electron chi connectivity index (χ4n) is 4.15. The molecule has 1 N–H and O–H groups in total. The largest absolute Gasteiger partial charge is 0.481 e. The Balaban J connectivity index is 1.53. The number of pyridine rings is 1. The van der Waals surface area contributed by atoms with Crippen LogP contribution in [0.1, 0.15) is 55.6 Å². The molecule has 166 valence electrons. The Morgan fingerprint density at radius 3 is 2.62 bits per heavy atom. The lowest BCUT2D eigenvalue weighted by molar-refractivity contribution is -0.128. The van der Waals surface area contributed by atoms with Crippen LogP contribution in [0.5, 0.6) is 5.75 Å². The maximum Gasteiger partial charge on any atom is 0.261 e. The van der Waals surface area contributed by atoms with Crippen molar-refractivity contribution in [3.63, 3.8) is 0 Å². The summed E-state index contributed by atoms with van der Waals surface area (Å²) in [6, 6.07) is 9.53. The van der Waals surface area contributed by atoms with Gasteiger partial charge < -0.3 is 10.1 Å². The normalized spacial score (nSPS) is 17.8. The second kappa shape index (κ2) is 8.69. The van der Waals surface area contributed by atoms with Gasteiger partial charge in [0, 0.05) is 29.7 Å². The molecule has 0 radical (unpaired) electrons. The zero-order valence-electron chi connectivity index (χ0n) is 19.3. The van der Waals surface area contributed by atoms with Gasteiger partial charge in [0.05, 0.1) is 11.7 Å². The number of aromatic nitrogens is 3. The summed E-state index contributed by atoms with van der Waals surface area (Å²) in [5, 5.41) is 3.18. The monoisotopic (exact) mass is 430 g/mol. The van der Waals surface area contributed by atoms with E-state index in [1.54, 1.807) is 19.3 Å². The van der Waals surface area contributed by atoms with E-state index in [0.717, 1.165) is 35.2 Å². The maximum atomic E-state index is 13.0. The van der Waals surface area contributed by atoms with E-state index in [4.69, 9.17) is 9.72 Å². The minimum atomic E-state index is -0.609. The first-order valence-corrected chi connectivity index (χ1v) is 11.0. The number of nitrogens with zero attached hydrogens (tertiary/aromatic N) is 3. The van der Waals surface area contributed by atoms with Gasteiger partial charge in [-0.15, -0.1) is 0 Å². The van der Waals surface area contributed by atoms with Crippen molar-refractivity contribution in [1.82, 2.24) is 20.3 Å². The highest BCUT2D eigenvalue weighted by molar-refractivity contribution is 5.81. The summed E-state index contributed by atoms with van der Waals surface area (Å²) >= 11 is 0. The number of carbonyl (C=O) groups excluding carboxylic acids is 1. The third-order valence-corrected chi connectivity index (χ3v) is 6.09. The van der Waals surface area contributed by atoms with Crippen LogP contribution in [-0.4, -0.2) is 27.0 Å². The molecular weight excluding hydrogens is 400 g/mol. The number of hydrogen-bond acceptors (Lipinski definition) is 5. The van der Waals surface area contributed by atoms with Crippen LogP contribution in [0, 0.1) is 19.3 Å². The second-order valence-electron chi connectivity index (χ2n) is 9.44. The van der Waals surface area contributed by atoms with Gasteiger partial charge in [0.2, 0.25) is 0 Å². The molecule has 0 fully saturated rings. The van der Waals surface area contributed by atoms with Crippen molar-refractivity contribution >= 4 is 5.91 Å². The van der Waals surface area contributed by atoms with E-state index < -0.39 is 6.10 Å². The molecule has 32 heavy (non-hydrogen) atoms. The number of nitrogens with one attached hydrogen (secondary N) is 1. The smallest absolute Gasteiger partial charge is 0.261 e. The highest BCUT2D eigenvalue weighted by Crippen LogP contribution is 2.40. The fraction of sp³-hybridized carbons (Fsp3) is 0.385. The lowest BCUT2D eigenvalue weighted by Crippen LogP contribution is -2.42. The van der Waals surface area contributed by atoms with Crippen LogP contribution in [0.3, 0.4) is 0 Å². The summed E-state index contributed by atoms with van der Waals surface area (Å²) < 4.78 is 5.92. The van der Waals surface area contributed by atoms with Gasteiger partial charge in [-0.1, -0.05) is 19.9 Å². The minimum absolute atomic E-state index is 0.00692. The topological polar surface area (TPSA) is 77.0 Å². The van der Waals surface area contributed by atoms with Crippen LogP contribution in [0.2, 0.25) is 0 Å². The Bertz CT molecular complexity index is 1130. The molecule has 1 aliphatic rings. The van der Waals surface area contributed by atoms with Crippen molar-refractivity contribution in [2.45, 2.75) is 59.6 Å². The predicted octanol–water partition coefficient (Wildman–Crippen LogP) is 4.75. The lowest BCUT2D eigenvalue weighted by atomic mass is 9.74. The van der Waals surface area contributed by atoms with Gasteiger partial charge in [-0.05, 0) is 74.4 Å². The van der Waals surface area contributed by atoms with Crippen molar-refractivity contribution < 1.29 is 9.53 Å². The Morgan fingerprint density at radius 2 is 1.91 bits per heavy atom. The highest BCUT2D eigenvalue weighted by Gasteiger charge is 2.35. The number of carbonyl (C=O) groups is 1. The van der Waals surface area contributed by atoms with E-state index in [1.807, 2.05) is 43.5 Å². The van der Waals surface area contributed by atoms with Crippen LogP contribution in [-0.2, 0) is 11.2 Å². The van der Waals surface area contributed by atoms with E-state index >= 15 is 0 Å². The second-order valence-corrected chi connectivity index (χ2v) is 9.44. The fourth-order valence-corrected chi connectivity index (χ4v) is 4.15. The van der Waals surface area contributed by atoms with Gasteiger partial charge in [-0.2, -0.15) is 0 Å². The average molecular weight is 431 g/mol. The summed E-state index contributed by atoms with van der Waals surface area (Å²) in [6.45, 7) is 10.3. The molecule has 2 atom stereocenters. The molecule has 2 heterocycles. The summed E-state index contributed by atoms with van der Waals surface area (Å²) in [5.41, 5.74) is 5.24. The van der Waals surface area contributed by atoms with E-state index in [1.165, 1.54) is 5.56 Å². The Hall–Kier alpha value is -3.28. The van der Waals surface area contributed by atoms with E-state index in [2.05, 4.69) is 36.1 Å². The number of hydrogen-bond donors (Lipinski definition) is 1. The molecule has 0 saturated carbocycles. The summed E-state index contributed by atoms with van der Waals surface area (Å²) in [6.07, 6.45) is 6.38. The molecule has 6 nitrogen and oxygen atoms in total. The van der Waals surface area contributed by atoms with Gasteiger partial charge >= 0.3 is 0 Å². The minimum Gasteiger partial charge on any atom is -0.481 e. The summed E-state index contributed by atoms with van der Waals surface area (Å²) in [7, 11) is 0. The van der Waals surface area contributed by atoms with E-state index in [-0.39, 0.29) is 17.4 Å². The molecule has 6 heteroatoms. The van der Waals surface area contributed by atoms with Crippen molar-refractivity contribution in [1.29, 1.82) is 0 Å². The Morgan fingerprint density at radius 1 is 1.16 bits per heavy atom. The summed E-state index contributed by atoms with van der Waals surface area (Å²) in [4.78, 5) is 26.5. The van der Waals surface area contributed by atoms with Gasteiger partial charge in [-0.25, -0.2) is 9.97 Å². The number of benzene rings is 1. The number of fused-ring (bicyclic) bond motifs is 1. The van der Waals surface area contributed by atoms with Gasteiger partial charge in [0.25, 0.3) is 5.91 Å². The molecule has 3 aromatic rings. The molecule has 0 spiro atoms. The average Bonchev–Trinajstić information content (AvgIpc) is 2.75. The standard InChI is InChI=1S/C26H30N4O2/c1-16-6-7-20(12-17(16)2)32-18(3)25(31)30-23-14-26(4,5)13-22-21(23)15-28-24(29-22)19-8-10-27-11-9-19/h6-12,15,18,23H,13-14H2,1-5H3,(H,30,31)/t18-,23+/m0/s1. The first-order valence-electron chi connectivity index (χ1n) is 11.0. The molecule has 0 bridgehead atoms. The van der Waals surface area contributed by atoms with Crippen LogP contribution in [0.4, 0.5) is 0 Å². The van der Waals surface area contributed by atoms with Crippen LogP contribution in [0.15, 0.2) is 48.9 Å². The lowest BCUT2D eigenvalue weighted by Gasteiger charge is -2.37. The maximum absolute atomic E-state index is 13.0. The van der Waals surface area contributed by atoms with Crippen molar-refractivity contribution in [3.8, 4) is 17.1 Å². The van der Waals surface area contributed by atoms with Gasteiger partial charge in [0.1, 0.15) is 5.75 Å². The van der Waals surface area contributed by atoms with Crippen LogP contribution >= 0.6 is 0 Å². The molecule has 2 aromatic heterocycles. The van der Waals surface area contributed by atoms with Crippen LogP contribution < -0.4 is 10.1 Å². The third-order valence-electron chi connectivity index (χ3n) is 6.09. The molecule has 4 rings (SSSR count). The van der Waals surface area contributed by atoms with Crippen molar-refractivity contribution in [3.05, 3.63) is 71.3 Å². The Labute approximate surface area is 189 Å². The first kappa shape index (κ1) is 21.9. The molecule has 0 unspecified atom stereocenters. The van der Waals surface area contributed by atoms with Crippen molar-refractivity contribution in [2.24, 2.45) is 5.41 Å². The quantitative estimate of drug-likeness (QED) is 0.632. The SMILES string of the molecule is Cc1ccc(O[C@@H](C)C(=O)N[C@@H]2CC(C)(C)Cc3nc(-c4ccncc4)ncc32)cc1C. The van der Waals surface area contributed by atoms with Crippen LogP contribution in [0.25, 0.3) is 11.4 Å². The van der Waals surface area contributed by atoms with E-state index in [9.17, 15) is 4.79 Å². The number of aryl methyl sites for hydroxylation is 2. The summed E-state index contributed by atoms with van der Waals surface area (Å²) in [5.74, 6) is 1.24. The number of ether oxygens (including phenoxy) is 1. The zero-order valence-corrected chi connectivity index (χ0v) is 19.3. The van der Waals surface area contributed by atoms with E-state index in [0.29, 0.717) is 11.6 Å². The van der Waals surface area contributed by atoms with Gasteiger partial charge in [-0.3, -0.25) is 9.78 Å². The molecule has 0 saturated heterocycles. The van der Waals surface area contributed by atoms with Crippen molar-refractivity contribution in [2.75, 3.05) is 0 Å².